The lowest BCUT2D eigenvalue weighted by atomic mass is 10.4. The summed E-state index contributed by atoms with van der Waals surface area (Å²) in [5.74, 6) is 0. The molecule has 1 aromatic heterocycles. The summed E-state index contributed by atoms with van der Waals surface area (Å²) in [6, 6.07) is 3.75. The molecule has 0 fully saturated rings. The van der Waals surface area contributed by atoms with Crippen molar-refractivity contribution >= 4 is 0 Å². The number of aromatic nitrogens is 1. The summed E-state index contributed by atoms with van der Waals surface area (Å²) in [5.41, 5.74) is 2.88. The van der Waals surface area contributed by atoms with Gasteiger partial charge < -0.3 is 15.6 Å². The molecule has 1 unspecified atom stereocenters. The van der Waals surface area contributed by atoms with E-state index in [1.165, 1.54) is 0 Å². The summed E-state index contributed by atoms with van der Waals surface area (Å²) in [6.07, 6.45) is 2.95. The van der Waals surface area contributed by atoms with E-state index in [1.807, 2.05) is 24.5 Å². The average Bonchev–Trinajstić information content (AvgIpc) is 2.52. The van der Waals surface area contributed by atoms with Crippen LogP contribution in [0.25, 0.3) is 0 Å². The molecule has 3 N–H and O–H groups in total. The first-order valence-corrected chi connectivity index (χ1v) is 3.48. The van der Waals surface area contributed by atoms with E-state index in [0.717, 1.165) is 0 Å². The maximum Gasteiger partial charge on any atom is 0.0958 e. The number of nitrogens with zero attached hydrogens (tertiary/aromatic N) is 1. The van der Waals surface area contributed by atoms with Gasteiger partial charge in [0.05, 0.1) is 19.3 Å². The van der Waals surface area contributed by atoms with Crippen LogP contribution in [0, 0.1) is 0 Å². The van der Waals surface area contributed by atoms with Crippen LogP contribution in [0.1, 0.15) is 0 Å². The highest BCUT2D eigenvalue weighted by Crippen LogP contribution is 1.85. The standard InChI is InChI=1S/C7H12N2O2/c10-6-7(11)5-8-9-3-1-2-4-9/h1-4,7-8,10-11H,5-6H2. The van der Waals surface area contributed by atoms with Gasteiger partial charge >= 0.3 is 0 Å². The van der Waals surface area contributed by atoms with Gasteiger partial charge in [0.2, 0.25) is 0 Å². The van der Waals surface area contributed by atoms with E-state index in [1.54, 1.807) is 4.68 Å². The molecule has 0 spiro atoms. The first kappa shape index (κ1) is 8.10. The van der Waals surface area contributed by atoms with Crippen molar-refractivity contribution in [3.8, 4) is 0 Å². The van der Waals surface area contributed by atoms with Crippen molar-refractivity contribution in [2.24, 2.45) is 0 Å². The SMILES string of the molecule is OCC(O)CNn1cccc1. The number of nitrogens with one attached hydrogen (secondary N) is 1. The van der Waals surface area contributed by atoms with E-state index in [0.29, 0.717) is 6.54 Å². The van der Waals surface area contributed by atoms with Crippen molar-refractivity contribution in [2.75, 3.05) is 18.6 Å². The Kier molecular flexibility index (Phi) is 2.95. The molecule has 4 heteroatoms. The maximum absolute atomic E-state index is 8.93. The zero-order valence-corrected chi connectivity index (χ0v) is 6.14. The third-order valence-corrected chi connectivity index (χ3v) is 1.32. The van der Waals surface area contributed by atoms with Crippen molar-refractivity contribution < 1.29 is 10.2 Å². The van der Waals surface area contributed by atoms with Crippen LogP contribution in [0.2, 0.25) is 0 Å². The first-order chi connectivity index (χ1) is 5.33. The Morgan fingerprint density at radius 2 is 2.00 bits per heavy atom. The molecule has 0 aromatic carbocycles. The van der Waals surface area contributed by atoms with Gasteiger partial charge in [-0.3, -0.25) is 4.68 Å². The number of rotatable bonds is 4. The Balaban J connectivity index is 2.23. The summed E-state index contributed by atoms with van der Waals surface area (Å²) >= 11 is 0. The molecule has 1 aromatic rings. The summed E-state index contributed by atoms with van der Waals surface area (Å²) in [5, 5.41) is 17.4. The average molecular weight is 156 g/mol. The van der Waals surface area contributed by atoms with E-state index >= 15 is 0 Å². The van der Waals surface area contributed by atoms with E-state index in [9.17, 15) is 0 Å². The van der Waals surface area contributed by atoms with Crippen molar-refractivity contribution in [1.29, 1.82) is 0 Å². The molecule has 0 aliphatic carbocycles. The molecule has 62 valence electrons. The molecular formula is C7H12N2O2. The summed E-state index contributed by atoms with van der Waals surface area (Å²) in [4.78, 5) is 0. The lowest BCUT2D eigenvalue weighted by Gasteiger charge is -2.10. The van der Waals surface area contributed by atoms with Gasteiger partial charge in [-0.05, 0) is 12.1 Å². The third kappa shape index (κ3) is 2.61. The number of hydrogen-bond acceptors (Lipinski definition) is 3. The van der Waals surface area contributed by atoms with Crippen LogP contribution in [-0.4, -0.2) is 34.1 Å². The third-order valence-electron chi connectivity index (χ3n) is 1.32. The molecular weight excluding hydrogens is 144 g/mol. The molecule has 0 amide bonds. The van der Waals surface area contributed by atoms with Crippen LogP contribution in [0.3, 0.4) is 0 Å². The zero-order valence-electron chi connectivity index (χ0n) is 6.14. The van der Waals surface area contributed by atoms with Crippen molar-refractivity contribution in [3.63, 3.8) is 0 Å². The lowest BCUT2D eigenvalue weighted by molar-refractivity contribution is 0.103. The molecule has 1 rings (SSSR count). The maximum atomic E-state index is 8.93. The molecule has 0 saturated heterocycles. The summed E-state index contributed by atoms with van der Waals surface area (Å²) < 4.78 is 1.72. The fourth-order valence-corrected chi connectivity index (χ4v) is 0.715. The minimum Gasteiger partial charge on any atom is -0.394 e. The topological polar surface area (TPSA) is 57.4 Å². The van der Waals surface area contributed by atoms with E-state index < -0.39 is 6.10 Å². The Morgan fingerprint density at radius 1 is 1.36 bits per heavy atom. The van der Waals surface area contributed by atoms with Crippen LogP contribution in [0.15, 0.2) is 24.5 Å². The largest absolute Gasteiger partial charge is 0.394 e. The molecule has 1 heterocycles. The Hall–Kier alpha value is -1.00. The lowest BCUT2D eigenvalue weighted by Crippen LogP contribution is -2.27. The Labute approximate surface area is 65.1 Å². The van der Waals surface area contributed by atoms with Crippen LogP contribution in [0.4, 0.5) is 0 Å². The number of aliphatic hydroxyl groups is 2. The molecule has 0 radical (unpaired) electrons. The highest BCUT2D eigenvalue weighted by atomic mass is 16.3. The van der Waals surface area contributed by atoms with Gasteiger partial charge in [-0.15, -0.1) is 0 Å². The second kappa shape index (κ2) is 4.00. The van der Waals surface area contributed by atoms with Gasteiger partial charge in [0, 0.05) is 12.4 Å². The van der Waals surface area contributed by atoms with Gasteiger partial charge in [0.1, 0.15) is 0 Å². The fraction of sp³-hybridized carbons (Fsp3) is 0.429. The van der Waals surface area contributed by atoms with Crippen LogP contribution in [-0.2, 0) is 0 Å². The van der Waals surface area contributed by atoms with E-state index in [2.05, 4.69) is 5.43 Å². The zero-order chi connectivity index (χ0) is 8.10. The molecule has 4 nitrogen and oxygen atoms in total. The molecule has 0 aliphatic rings. The van der Waals surface area contributed by atoms with Gasteiger partial charge in [-0.25, -0.2) is 0 Å². The van der Waals surface area contributed by atoms with Crippen molar-refractivity contribution in [3.05, 3.63) is 24.5 Å². The monoisotopic (exact) mass is 156 g/mol. The predicted octanol–water partition coefficient (Wildman–Crippen LogP) is -0.615. The Bertz CT molecular complexity index is 186. The minimum absolute atomic E-state index is 0.214. The second-order valence-corrected chi connectivity index (χ2v) is 2.29. The summed E-state index contributed by atoms with van der Waals surface area (Å²) in [7, 11) is 0. The molecule has 0 bridgehead atoms. The van der Waals surface area contributed by atoms with Crippen LogP contribution < -0.4 is 5.43 Å². The van der Waals surface area contributed by atoms with Gasteiger partial charge in [0.15, 0.2) is 0 Å². The van der Waals surface area contributed by atoms with Gasteiger partial charge in [-0.2, -0.15) is 0 Å². The molecule has 1 atom stereocenters. The van der Waals surface area contributed by atoms with Gasteiger partial charge in [0.25, 0.3) is 0 Å². The highest BCUT2D eigenvalue weighted by Gasteiger charge is 1.98. The second-order valence-electron chi connectivity index (χ2n) is 2.29. The predicted molar refractivity (Wildman–Crippen MR) is 41.8 cm³/mol. The first-order valence-electron chi connectivity index (χ1n) is 3.48. The molecule has 11 heavy (non-hydrogen) atoms. The quantitative estimate of drug-likeness (QED) is 0.545. The normalized spacial score (nSPS) is 12.9. The van der Waals surface area contributed by atoms with Crippen molar-refractivity contribution in [2.45, 2.75) is 6.10 Å². The molecule has 0 saturated carbocycles. The van der Waals surface area contributed by atoms with Crippen molar-refractivity contribution in [1.82, 2.24) is 4.68 Å². The smallest absolute Gasteiger partial charge is 0.0958 e. The van der Waals surface area contributed by atoms with E-state index in [-0.39, 0.29) is 6.61 Å². The van der Waals surface area contributed by atoms with Crippen LogP contribution in [0.5, 0.6) is 0 Å². The summed E-state index contributed by atoms with van der Waals surface area (Å²) in [6.45, 7) is 0.138. The van der Waals surface area contributed by atoms with Gasteiger partial charge in [-0.1, -0.05) is 0 Å². The number of hydrogen-bond donors (Lipinski definition) is 3. The number of aliphatic hydroxyl groups excluding tert-OH is 2. The van der Waals surface area contributed by atoms with Crippen LogP contribution >= 0.6 is 0 Å². The minimum atomic E-state index is -0.697. The highest BCUT2D eigenvalue weighted by molar-refractivity contribution is 4.93. The molecule has 0 aliphatic heterocycles. The Morgan fingerprint density at radius 3 is 2.55 bits per heavy atom. The fourth-order valence-electron chi connectivity index (χ4n) is 0.715. The van der Waals surface area contributed by atoms with E-state index in [4.69, 9.17) is 10.2 Å².